The predicted octanol–water partition coefficient (Wildman–Crippen LogP) is -3.48. The molecule has 0 radical (unpaired) electrons. The van der Waals surface area contributed by atoms with Gasteiger partial charge in [-0.05, 0) is 13.8 Å². The first kappa shape index (κ1) is 18.8. The van der Waals surface area contributed by atoms with E-state index in [9.17, 15) is 19.2 Å². The quantitative estimate of drug-likeness (QED) is 0.270. The van der Waals surface area contributed by atoms with E-state index < -0.39 is 55.0 Å². The first-order chi connectivity index (χ1) is 9.65. The molecule has 0 rings (SSSR count). The van der Waals surface area contributed by atoms with Crippen LogP contribution in [0.5, 0.6) is 0 Å². The van der Waals surface area contributed by atoms with Crippen LogP contribution in [-0.2, 0) is 19.2 Å². The van der Waals surface area contributed by atoms with Crippen LogP contribution in [0.3, 0.4) is 0 Å². The van der Waals surface area contributed by atoms with Gasteiger partial charge in [-0.1, -0.05) is 0 Å². The van der Waals surface area contributed by atoms with Crippen LogP contribution < -0.4 is 21.7 Å². The largest absolute Gasteiger partial charge is 0.480 e. The molecule has 0 bridgehead atoms. The minimum atomic E-state index is -1.20. The van der Waals surface area contributed by atoms with Crippen molar-refractivity contribution in [3.8, 4) is 0 Å². The van der Waals surface area contributed by atoms with Gasteiger partial charge in [0.15, 0.2) is 0 Å². The third kappa shape index (κ3) is 7.84. The molecule has 0 saturated heterocycles. The summed E-state index contributed by atoms with van der Waals surface area (Å²) in [6.07, 6.45) is -1.06. The Morgan fingerprint density at radius 2 is 1.57 bits per heavy atom. The standard InChI is InChI=1S/C11H20N4O6/c1-5(11(20)21)15-8(18)4-13-7(17)3-14-10(19)9(12)6(2)16/h5-6,9,16H,3-4,12H2,1-2H3,(H,13,17)(H,14,19)(H,15,18)(H,20,21). The highest BCUT2D eigenvalue weighted by atomic mass is 16.4. The van der Waals surface area contributed by atoms with Gasteiger partial charge < -0.3 is 31.9 Å². The van der Waals surface area contributed by atoms with Crippen LogP contribution >= 0.6 is 0 Å². The number of aliphatic hydroxyl groups is 1. The van der Waals surface area contributed by atoms with E-state index in [-0.39, 0.29) is 0 Å². The summed E-state index contributed by atoms with van der Waals surface area (Å²) in [5.41, 5.74) is 5.34. The Morgan fingerprint density at radius 3 is 2.05 bits per heavy atom. The first-order valence-corrected chi connectivity index (χ1v) is 6.15. The number of carbonyl (C=O) groups is 4. The zero-order valence-electron chi connectivity index (χ0n) is 11.8. The van der Waals surface area contributed by atoms with Crippen LogP contribution in [0.15, 0.2) is 0 Å². The lowest BCUT2D eigenvalue weighted by Gasteiger charge is -2.14. The molecule has 0 aromatic rings. The molecular formula is C11H20N4O6. The lowest BCUT2D eigenvalue weighted by atomic mass is 10.2. The average Bonchev–Trinajstić information content (AvgIpc) is 2.41. The smallest absolute Gasteiger partial charge is 0.325 e. The summed E-state index contributed by atoms with van der Waals surface area (Å²) in [4.78, 5) is 44.4. The van der Waals surface area contributed by atoms with Crippen molar-refractivity contribution in [2.24, 2.45) is 5.73 Å². The molecule has 7 N–H and O–H groups in total. The molecule has 0 spiro atoms. The van der Waals surface area contributed by atoms with Gasteiger partial charge in [-0.15, -0.1) is 0 Å². The monoisotopic (exact) mass is 304 g/mol. The molecule has 0 aliphatic carbocycles. The summed E-state index contributed by atoms with van der Waals surface area (Å²) in [6.45, 7) is 1.77. The van der Waals surface area contributed by atoms with Gasteiger partial charge in [-0.25, -0.2) is 0 Å². The van der Waals surface area contributed by atoms with Gasteiger partial charge in [0.2, 0.25) is 17.7 Å². The molecule has 0 aromatic heterocycles. The third-order valence-corrected chi connectivity index (χ3v) is 2.44. The highest BCUT2D eigenvalue weighted by Gasteiger charge is 2.19. The molecule has 10 nitrogen and oxygen atoms in total. The van der Waals surface area contributed by atoms with E-state index in [1.54, 1.807) is 0 Å². The number of hydrogen-bond donors (Lipinski definition) is 6. The molecule has 3 atom stereocenters. The lowest BCUT2D eigenvalue weighted by Crippen LogP contribution is -2.50. The number of aliphatic carboxylic acids is 1. The molecule has 120 valence electrons. The van der Waals surface area contributed by atoms with Crippen molar-refractivity contribution in [3.05, 3.63) is 0 Å². The van der Waals surface area contributed by atoms with E-state index in [1.165, 1.54) is 13.8 Å². The fraction of sp³-hybridized carbons (Fsp3) is 0.636. The number of nitrogens with two attached hydrogens (primary N) is 1. The summed E-state index contributed by atoms with van der Waals surface area (Å²) < 4.78 is 0. The summed E-state index contributed by atoms with van der Waals surface area (Å²) in [5, 5.41) is 24.2. The Kier molecular flexibility index (Phi) is 7.94. The van der Waals surface area contributed by atoms with E-state index in [0.29, 0.717) is 0 Å². The molecule has 3 unspecified atom stereocenters. The van der Waals surface area contributed by atoms with Crippen LogP contribution in [-0.4, -0.2) is 65.2 Å². The summed E-state index contributed by atoms with van der Waals surface area (Å²) >= 11 is 0. The Balaban J connectivity index is 3.98. The maximum Gasteiger partial charge on any atom is 0.325 e. The summed E-state index contributed by atoms with van der Waals surface area (Å²) in [6, 6.07) is -2.23. The number of rotatable bonds is 8. The van der Waals surface area contributed by atoms with Crippen molar-refractivity contribution in [2.75, 3.05) is 13.1 Å². The van der Waals surface area contributed by atoms with Crippen molar-refractivity contribution < 1.29 is 29.4 Å². The fourth-order valence-electron chi connectivity index (χ4n) is 1.10. The second-order valence-electron chi connectivity index (χ2n) is 4.39. The molecule has 3 amide bonds. The SMILES string of the molecule is CC(NC(=O)CNC(=O)CNC(=O)C(N)C(C)O)C(=O)O. The average molecular weight is 304 g/mol. The molecule has 0 heterocycles. The van der Waals surface area contributed by atoms with Crippen molar-refractivity contribution in [1.82, 2.24) is 16.0 Å². The van der Waals surface area contributed by atoms with Crippen molar-refractivity contribution in [1.29, 1.82) is 0 Å². The second-order valence-corrected chi connectivity index (χ2v) is 4.39. The number of aliphatic hydroxyl groups excluding tert-OH is 1. The second kappa shape index (κ2) is 8.87. The van der Waals surface area contributed by atoms with Crippen LogP contribution in [0.2, 0.25) is 0 Å². The van der Waals surface area contributed by atoms with Gasteiger partial charge in [0.05, 0.1) is 19.2 Å². The number of nitrogens with one attached hydrogen (secondary N) is 3. The molecule has 0 aliphatic heterocycles. The topological polar surface area (TPSA) is 171 Å². The Morgan fingerprint density at radius 1 is 1.05 bits per heavy atom. The van der Waals surface area contributed by atoms with Gasteiger partial charge in [0.1, 0.15) is 12.1 Å². The number of amides is 3. The highest BCUT2D eigenvalue weighted by molar-refractivity contribution is 5.90. The summed E-state index contributed by atoms with van der Waals surface area (Å²) in [5.74, 6) is -3.23. The van der Waals surface area contributed by atoms with Crippen molar-refractivity contribution in [2.45, 2.75) is 32.0 Å². The minimum Gasteiger partial charge on any atom is -0.480 e. The minimum absolute atomic E-state index is 0.416. The Labute approximate surface area is 121 Å². The maximum absolute atomic E-state index is 11.3. The fourth-order valence-corrected chi connectivity index (χ4v) is 1.10. The van der Waals surface area contributed by atoms with Gasteiger partial charge in [0.25, 0.3) is 0 Å². The van der Waals surface area contributed by atoms with E-state index in [1.807, 2.05) is 0 Å². The van der Waals surface area contributed by atoms with E-state index >= 15 is 0 Å². The zero-order valence-corrected chi connectivity index (χ0v) is 11.8. The zero-order chi connectivity index (χ0) is 16.6. The Bertz CT molecular complexity index is 412. The first-order valence-electron chi connectivity index (χ1n) is 6.15. The number of hydrogen-bond acceptors (Lipinski definition) is 6. The van der Waals surface area contributed by atoms with Gasteiger partial charge in [0, 0.05) is 0 Å². The lowest BCUT2D eigenvalue weighted by molar-refractivity contribution is -0.141. The molecule has 21 heavy (non-hydrogen) atoms. The number of carboxylic acid groups (broad SMARTS) is 1. The molecule has 0 aliphatic rings. The highest BCUT2D eigenvalue weighted by Crippen LogP contribution is 1.87. The van der Waals surface area contributed by atoms with Gasteiger partial charge >= 0.3 is 5.97 Å². The Hall–Kier alpha value is -2.20. The van der Waals surface area contributed by atoms with Crippen molar-refractivity contribution >= 4 is 23.7 Å². The number of carboxylic acids is 1. The van der Waals surface area contributed by atoms with E-state index in [2.05, 4.69) is 16.0 Å². The van der Waals surface area contributed by atoms with Crippen LogP contribution in [0.25, 0.3) is 0 Å². The molecule has 0 saturated carbocycles. The molecule has 0 aromatic carbocycles. The van der Waals surface area contributed by atoms with Crippen LogP contribution in [0.1, 0.15) is 13.8 Å². The molecule has 0 fully saturated rings. The molecule has 10 heteroatoms. The van der Waals surface area contributed by atoms with Gasteiger partial charge in [-0.3, -0.25) is 19.2 Å². The maximum atomic E-state index is 11.3. The van der Waals surface area contributed by atoms with Crippen molar-refractivity contribution in [3.63, 3.8) is 0 Å². The van der Waals surface area contributed by atoms with Gasteiger partial charge in [-0.2, -0.15) is 0 Å². The van der Waals surface area contributed by atoms with Crippen LogP contribution in [0, 0.1) is 0 Å². The number of carbonyl (C=O) groups excluding carboxylic acids is 3. The summed E-state index contributed by atoms with van der Waals surface area (Å²) in [7, 11) is 0. The predicted molar refractivity (Wildman–Crippen MR) is 70.9 cm³/mol. The van der Waals surface area contributed by atoms with E-state index in [4.69, 9.17) is 15.9 Å². The molecular weight excluding hydrogens is 284 g/mol. The third-order valence-electron chi connectivity index (χ3n) is 2.44. The van der Waals surface area contributed by atoms with Crippen LogP contribution in [0.4, 0.5) is 0 Å². The van der Waals surface area contributed by atoms with E-state index in [0.717, 1.165) is 0 Å². The normalized spacial score (nSPS) is 14.5.